The SMILES string of the molecule is C.C=C(/C=C\C)c1cc(CC)ccc1C.C=C(C)C.CC.CC. The molecule has 0 spiro atoms. The zero-order valence-corrected chi connectivity index (χ0v) is 16.5. The maximum absolute atomic E-state index is 4.06. The van der Waals surface area contributed by atoms with Gasteiger partial charge in [-0.1, -0.05) is 84.5 Å². The summed E-state index contributed by atoms with van der Waals surface area (Å²) < 4.78 is 0. The average Bonchev–Trinajstić information content (AvgIpc) is 2.51. The molecule has 0 nitrogen and oxygen atoms in total. The van der Waals surface area contributed by atoms with Gasteiger partial charge in [-0.15, -0.1) is 6.58 Å². The molecule has 0 unspecified atom stereocenters. The molecule has 0 heterocycles. The molecule has 0 bridgehead atoms. The van der Waals surface area contributed by atoms with Gasteiger partial charge in [-0.05, 0) is 56.4 Å². The Hall–Kier alpha value is -1.56. The van der Waals surface area contributed by atoms with Crippen LogP contribution in [0.5, 0.6) is 0 Å². The van der Waals surface area contributed by atoms with E-state index in [1.807, 2.05) is 54.5 Å². The Kier molecular flexibility index (Phi) is 26.2. The average molecular weight is 319 g/mol. The Morgan fingerprint density at radius 2 is 1.48 bits per heavy atom. The number of allylic oxidation sites excluding steroid dienone is 4. The summed E-state index contributed by atoms with van der Waals surface area (Å²) in [5.74, 6) is 0. The van der Waals surface area contributed by atoms with Crippen LogP contribution in [0.3, 0.4) is 0 Å². The van der Waals surface area contributed by atoms with Crippen LogP contribution in [-0.2, 0) is 6.42 Å². The quantitative estimate of drug-likeness (QED) is 0.387. The first-order valence-electron chi connectivity index (χ1n) is 8.46. The molecule has 23 heavy (non-hydrogen) atoms. The van der Waals surface area contributed by atoms with Crippen LogP contribution in [0.4, 0.5) is 0 Å². The number of hydrogen-bond donors (Lipinski definition) is 0. The van der Waals surface area contributed by atoms with Crippen LogP contribution in [0.1, 0.15) is 79.5 Å². The van der Waals surface area contributed by atoms with E-state index in [0.29, 0.717) is 0 Å². The molecule has 0 heteroatoms. The molecule has 1 rings (SSSR count). The highest BCUT2D eigenvalue weighted by atomic mass is 14.1. The smallest absolute Gasteiger partial charge is 0.0158 e. The van der Waals surface area contributed by atoms with E-state index in [1.54, 1.807) is 0 Å². The highest BCUT2D eigenvalue weighted by molar-refractivity contribution is 5.74. The van der Waals surface area contributed by atoms with Gasteiger partial charge in [0.1, 0.15) is 0 Å². The maximum Gasteiger partial charge on any atom is -0.0158 e. The molecule has 0 aliphatic carbocycles. The molecular formula is C23H42. The van der Waals surface area contributed by atoms with Gasteiger partial charge in [-0.3, -0.25) is 0 Å². The van der Waals surface area contributed by atoms with Gasteiger partial charge < -0.3 is 0 Å². The van der Waals surface area contributed by atoms with Crippen molar-refractivity contribution in [2.45, 2.75) is 76.2 Å². The molecule has 0 N–H and O–H groups in total. The van der Waals surface area contributed by atoms with Gasteiger partial charge >= 0.3 is 0 Å². The van der Waals surface area contributed by atoms with Crippen LogP contribution < -0.4 is 0 Å². The van der Waals surface area contributed by atoms with Gasteiger partial charge in [0.25, 0.3) is 0 Å². The standard InChI is InChI=1S/C14H18.C4H8.2C2H6.CH4/c1-5-7-11(3)14-10-13(6-2)9-8-12(14)4;1-4(2)3;2*1-2;/h5,7-10H,3,6H2,1-2,4H3;1H2,2-3H3;2*1-2H3;1H4/b7-5-;;;;. The van der Waals surface area contributed by atoms with E-state index in [-0.39, 0.29) is 7.43 Å². The molecule has 0 aromatic heterocycles. The predicted octanol–water partition coefficient (Wildman–Crippen LogP) is 8.42. The maximum atomic E-state index is 4.06. The fraction of sp³-hybridized carbons (Fsp3) is 0.478. The van der Waals surface area contributed by atoms with Crippen molar-refractivity contribution < 1.29 is 0 Å². The second-order valence-electron chi connectivity index (χ2n) is 4.74. The number of benzene rings is 1. The third-order valence-corrected chi connectivity index (χ3v) is 2.42. The minimum absolute atomic E-state index is 0. The van der Waals surface area contributed by atoms with Crippen LogP contribution >= 0.6 is 0 Å². The van der Waals surface area contributed by atoms with Gasteiger partial charge in [-0.25, -0.2) is 0 Å². The first-order valence-corrected chi connectivity index (χ1v) is 8.46. The largest absolute Gasteiger partial charge is 0.100 e. The zero-order valence-electron chi connectivity index (χ0n) is 16.5. The van der Waals surface area contributed by atoms with E-state index in [4.69, 9.17) is 0 Å². The summed E-state index contributed by atoms with van der Waals surface area (Å²) in [6, 6.07) is 6.59. The molecule has 134 valence electrons. The molecule has 0 atom stereocenters. The summed E-state index contributed by atoms with van der Waals surface area (Å²) >= 11 is 0. The fourth-order valence-corrected chi connectivity index (χ4v) is 1.53. The van der Waals surface area contributed by atoms with Gasteiger partial charge in [-0.2, -0.15) is 0 Å². The van der Waals surface area contributed by atoms with Crippen molar-refractivity contribution in [3.63, 3.8) is 0 Å². The second-order valence-corrected chi connectivity index (χ2v) is 4.74. The summed E-state index contributed by atoms with van der Waals surface area (Å²) in [7, 11) is 0. The van der Waals surface area contributed by atoms with Crippen molar-refractivity contribution >= 4 is 5.57 Å². The van der Waals surface area contributed by atoms with E-state index in [0.717, 1.165) is 12.0 Å². The molecule has 1 aromatic rings. The van der Waals surface area contributed by atoms with Crippen LogP contribution in [-0.4, -0.2) is 0 Å². The summed E-state index contributed by atoms with van der Waals surface area (Å²) in [4.78, 5) is 0. The molecule has 0 saturated carbocycles. The molecule has 0 fully saturated rings. The monoisotopic (exact) mass is 318 g/mol. The first-order chi connectivity index (χ1) is 10.4. The number of rotatable bonds is 3. The van der Waals surface area contributed by atoms with Gasteiger partial charge in [0.05, 0.1) is 0 Å². The topological polar surface area (TPSA) is 0 Å². The lowest BCUT2D eigenvalue weighted by molar-refractivity contribution is 1.13. The van der Waals surface area contributed by atoms with Crippen LogP contribution in [0, 0.1) is 6.92 Å². The number of aryl methyl sites for hydroxylation is 2. The van der Waals surface area contributed by atoms with Crippen LogP contribution in [0.2, 0.25) is 0 Å². The Labute approximate surface area is 148 Å². The van der Waals surface area contributed by atoms with E-state index >= 15 is 0 Å². The lowest BCUT2D eigenvalue weighted by Crippen LogP contribution is -1.89. The minimum atomic E-state index is 0. The Morgan fingerprint density at radius 3 is 1.83 bits per heavy atom. The van der Waals surface area contributed by atoms with Crippen LogP contribution in [0.15, 0.2) is 49.1 Å². The van der Waals surface area contributed by atoms with Crippen LogP contribution in [0.25, 0.3) is 5.57 Å². The highest BCUT2D eigenvalue weighted by Crippen LogP contribution is 2.20. The molecule has 0 aliphatic heterocycles. The second kappa shape index (κ2) is 20.4. The van der Waals surface area contributed by atoms with E-state index in [9.17, 15) is 0 Å². The lowest BCUT2D eigenvalue weighted by atomic mass is 9.98. The fourth-order valence-electron chi connectivity index (χ4n) is 1.53. The van der Waals surface area contributed by atoms with Gasteiger partial charge in [0.2, 0.25) is 0 Å². The van der Waals surface area contributed by atoms with Crippen molar-refractivity contribution in [3.8, 4) is 0 Å². The summed E-state index contributed by atoms with van der Waals surface area (Å²) in [6.45, 7) is 25.9. The molecule has 0 radical (unpaired) electrons. The molecule has 1 aromatic carbocycles. The van der Waals surface area contributed by atoms with Gasteiger partial charge in [0.15, 0.2) is 0 Å². The zero-order chi connectivity index (χ0) is 18.1. The lowest BCUT2D eigenvalue weighted by Gasteiger charge is -2.07. The Bertz CT molecular complexity index is 429. The molecule has 0 aliphatic rings. The summed E-state index contributed by atoms with van der Waals surface area (Å²) in [5.41, 5.74) is 6.20. The van der Waals surface area contributed by atoms with E-state index < -0.39 is 0 Å². The van der Waals surface area contributed by atoms with Gasteiger partial charge in [0, 0.05) is 0 Å². The summed E-state index contributed by atoms with van der Waals surface area (Å²) in [5, 5.41) is 0. The van der Waals surface area contributed by atoms with Crippen molar-refractivity contribution in [1.29, 1.82) is 0 Å². The van der Waals surface area contributed by atoms with E-state index in [1.165, 1.54) is 22.3 Å². The minimum Gasteiger partial charge on any atom is -0.100 e. The molecule has 0 amide bonds. The highest BCUT2D eigenvalue weighted by Gasteiger charge is 2.00. The third-order valence-electron chi connectivity index (χ3n) is 2.42. The van der Waals surface area contributed by atoms with Crippen molar-refractivity contribution in [1.82, 2.24) is 0 Å². The van der Waals surface area contributed by atoms with E-state index in [2.05, 4.69) is 51.3 Å². The van der Waals surface area contributed by atoms with Crippen molar-refractivity contribution in [3.05, 3.63) is 65.8 Å². The third kappa shape index (κ3) is 16.6. The Morgan fingerprint density at radius 1 is 1.04 bits per heavy atom. The van der Waals surface area contributed by atoms with Crippen molar-refractivity contribution in [2.75, 3.05) is 0 Å². The predicted molar refractivity (Wildman–Crippen MR) is 114 cm³/mol. The first kappa shape index (κ1) is 29.5. The Balaban J connectivity index is -0.000000172. The number of hydrogen-bond acceptors (Lipinski definition) is 0. The molecular weight excluding hydrogens is 276 g/mol. The van der Waals surface area contributed by atoms with Crippen molar-refractivity contribution in [2.24, 2.45) is 0 Å². The molecule has 0 saturated heterocycles. The summed E-state index contributed by atoms with van der Waals surface area (Å²) in [6.07, 6.45) is 5.17. The normalized spacial score (nSPS) is 8.22.